The van der Waals surface area contributed by atoms with Gasteiger partial charge in [-0.1, -0.05) is 63.9 Å². The molecule has 1 aromatic carbocycles. The molecule has 108 valence electrons. The van der Waals surface area contributed by atoms with E-state index in [0.717, 1.165) is 32.1 Å². The van der Waals surface area contributed by atoms with Gasteiger partial charge in [0.1, 0.15) is 0 Å². The van der Waals surface area contributed by atoms with E-state index in [-0.39, 0.29) is 0 Å². The molecule has 0 saturated heterocycles. The lowest BCUT2D eigenvalue weighted by Crippen LogP contribution is -2.54. The van der Waals surface area contributed by atoms with Gasteiger partial charge in [-0.2, -0.15) is 0 Å². The van der Waals surface area contributed by atoms with Crippen molar-refractivity contribution in [1.82, 2.24) is 0 Å². The SMILES string of the molecule is CCCC[Si](OCCC)(OCCC)c1ccccc1. The summed E-state index contributed by atoms with van der Waals surface area (Å²) in [5.41, 5.74) is 0. The number of unbranched alkanes of at least 4 members (excludes halogenated alkanes) is 1. The Morgan fingerprint density at radius 3 is 1.89 bits per heavy atom. The molecular weight excluding hydrogens is 252 g/mol. The fourth-order valence-corrected chi connectivity index (χ4v) is 5.71. The van der Waals surface area contributed by atoms with Crippen molar-refractivity contribution in [2.24, 2.45) is 0 Å². The van der Waals surface area contributed by atoms with Gasteiger partial charge in [-0.05, 0) is 24.1 Å². The molecule has 0 bridgehead atoms. The lowest BCUT2D eigenvalue weighted by atomic mass is 10.4. The largest absolute Gasteiger partial charge is 0.391 e. The molecule has 2 nitrogen and oxygen atoms in total. The van der Waals surface area contributed by atoms with Crippen molar-refractivity contribution in [3.8, 4) is 0 Å². The summed E-state index contributed by atoms with van der Waals surface area (Å²) in [4.78, 5) is 0. The highest BCUT2D eigenvalue weighted by molar-refractivity contribution is 6.81. The van der Waals surface area contributed by atoms with Crippen molar-refractivity contribution in [1.29, 1.82) is 0 Å². The zero-order chi connectivity index (χ0) is 14.0. The molecule has 0 spiro atoms. The second-order valence-electron chi connectivity index (χ2n) is 4.92. The van der Waals surface area contributed by atoms with Crippen LogP contribution in [0, 0.1) is 0 Å². The van der Waals surface area contributed by atoms with Crippen LogP contribution < -0.4 is 5.19 Å². The summed E-state index contributed by atoms with van der Waals surface area (Å²) in [6.45, 7) is 8.14. The first kappa shape index (κ1) is 16.4. The van der Waals surface area contributed by atoms with Gasteiger partial charge >= 0.3 is 8.56 Å². The maximum atomic E-state index is 6.29. The molecule has 0 heterocycles. The van der Waals surface area contributed by atoms with Crippen molar-refractivity contribution in [2.75, 3.05) is 13.2 Å². The fourth-order valence-electron chi connectivity index (χ4n) is 2.13. The standard InChI is InChI=1S/C16H28O2Si/c1-4-7-15-19(17-13-5-2,18-14-6-3)16-11-9-8-10-12-16/h8-12H,4-7,13-15H2,1-3H3. The maximum absolute atomic E-state index is 6.29. The second kappa shape index (κ2) is 9.29. The van der Waals surface area contributed by atoms with Crippen LogP contribution in [0.5, 0.6) is 0 Å². The molecule has 1 aromatic rings. The van der Waals surface area contributed by atoms with Crippen LogP contribution in [0.1, 0.15) is 46.5 Å². The summed E-state index contributed by atoms with van der Waals surface area (Å²) in [5, 5.41) is 1.28. The number of benzene rings is 1. The molecule has 0 aliphatic carbocycles. The Balaban J connectivity index is 2.94. The van der Waals surface area contributed by atoms with Crippen LogP contribution in [0.3, 0.4) is 0 Å². The van der Waals surface area contributed by atoms with Gasteiger partial charge in [0.05, 0.1) is 0 Å². The quantitative estimate of drug-likeness (QED) is 0.603. The summed E-state index contributed by atoms with van der Waals surface area (Å²) in [6, 6.07) is 11.7. The summed E-state index contributed by atoms with van der Waals surface area (Å²) in [6.07, 6.45) is 4.45. The minimum atomic E-state index is -2.23. The molecule has 0 amide bonds. The van der Waals surface area contributed by atoms with E-state index in [1.807, 2.05) is 0 Å². The van der Waals surface area contributed by atoms with Gasteiger partial charge < -0.3 is 8.85 Å². The molecule has 0 unspecified atom stereocenters. The van der Waals surface area contributed by atoms with Gasteiger partial charge in [0, 0.05) is 13.2 Å². The molecule has 19 heavy (non-hydrogen) atoms. The molecule has 0 aliphatic heterocycles. The van der Waals surface area contributed by atoms with Gasteiger partial charge in [0.15, 0.2) is 0 Å². The van der Waals surface area contributed by atoms with E-state index in [0.29, 0.717) is 0 Å². The van der Waals surface area contributed by atoms with Gasteiger partial charge in [-0.15, -0.1) is 0 Å². The number of rotatable bonds is 10. The first-order valence-electron chi connectivity index (χ1n) is 7.62. The summed E-state index contributed by atoms with van der Waals surface area (Å²) < 4.78 is 12.6. The number of hydrogen-bond donors (Lipinski definition) is 0. The molecule has 0 aliphatic rings. The van der Waals surface area contributed by atoms with Crippen LogP contribution in [0.2, 0.25) is 6.04 Å². The monoisotopic (exact) mass is 280 g/mol. The average molecular weight is 280 g/mol. The minimum absolute atomic E-state index is 0.800. The molecular formula is C16H28O2Si. The average Bonchev–Trinajstić information content (AvgIpc) is 2.48. The van der Waals surface area contributed by atoms with Crippen LogP contribution in [0.15, 0.2) is 30.3 Å². The zero-order valence-electron chi connectivity index (χ0n) is 12.7. The van der Waals surface area contributed by atoms with E-state index in [9.17, 15) is 0 Å². The van der Waals surface area contributed by atoms with Gasteiger partial charge in [0.2, 0.25) is 0 Å². The highest BCUT2D eigenvalue weighted by Crippen LogP contribution is 2.18. The van der Waals surface area contributed by atoms with Crippen LogP contribution >= 0.6 is 0 Å². The van der Waals surface area contributed by atoms with Crippen molar-refractivity contribution in [3.05, 3.63) is 30.3 Å². The van der Waals surface area contributed by atoms with E-state index in [1.54, 1.807) is 0 Å². The van der Waals surface area contributed by atoms with Crippen LogP contribution in [0.4, 0.5) is 0 Å². The molecule has 0 N–H and O–H groups in total. The predicted octanol–water partition coefficient (Wildman–Crippen LogP) is 3.99. The normalized spacial score (nSPS) is 11.7. The Bertz CT molecular complexity index is 305. The molecule has 0 fully saturated rings. The zero-order valence-corrected chi connectivity index (χ0v) is 13.7. The third-order valence-electron chi connectivity index (χ3n) is 3.15. The summed E-state index contributed by atoms with van der Waals surface area (Å²) in [7, 11) is -2.23. The minimum Gasteiger partial charge on any atom is -0.391 e. The van der Waals surface area contributed by atoms with E-state index in [4.69, 9.17) is 8.85 Å². The third-order valence-corrected chi connectivity index (χ3v) is 6.72. The van der Waals surface area contributed by atoms with Crippen molar-refractivity contribution in [2.45, 2.75) is 52.5 Å². The van der Waals surface area contributed by atoms with Crippen LogP contribution in [-0.4, -0.2) is 21.8 Å². The Morgan fingerprint density at radius 2 is 1.42 bits per heavy atom. The van der Waals surface area contributed by atoms with Crippen LogP contribution in [-0.2, 0) is 8.85 Å². The lowest BCUT2D eigenvalue weighted by Gasteiger charge is -2.31. The van der Waals surface area contributed by atoms with E-state index in [1.165, 1.54) is 18.0 Å². The predicted molar refractivity (Wildman–Crippen MR) is 84.0 cm³/mol. The van der Waals surface area contributed by atoms with Crippen molar-refractivity contribution < 1.29 is 8.85 Å². The lowest BCUT2D eigenvalue weighted by molar-refractivity contribution is 0.179. The van der Waals surface area contributed by atoms with E-state index < -0.39 is 8.56 Å². The Hall–Kier alpha value is -0.643. The topological polar surface area (TPSA) is 18.5 Å². The molecule has 3 heteroatoms. The van der Waals surface area contributed by atoms with Gasteiger partial charge in [-0.3, -0.25) is 0 Å². The Labute approximate surface area is 119 Å². The molecule has 0 atom stereocenters. The number of hydrogen-bond acceptors (Lipinski definition) is 2. The molecule has 1 rings (SSSR count). The first-order chi connectivity index (χ1) is 9.29. The van der Waals surface area contributed by atoms with Crippen LogP contribution in [0.25, 0.3) is 0 Å². The van der Waals surface area contributed by atoms with Gasteiger partial charge in [-0.25, -0.2) is 0 Å². The first-order valence-corrected chi connectivity index (χ1v) is 9.64. The van der Waals surface area contributed by atoms with E-state index >= 15 is 0 Å². The smallest absolute Gasteiger partial charge is 0.372 e. The molecule has 0 radical (unpaired) electrons. The Kier molecular flexibility index (Phi) is 8.02. The second-order valence-corrected chi connectivity index (χ2v) is 8.08. The third kappa shape index (κ3) is 5.09. The highest BCUT2D eigenvalue weighted by atomic mass is 28.4. The fraction of sp³-hybridized carbons (Fsp3) is 0.625. The maximum Gasteiger partial charge on any atom is 0.372 e. The molecule has 0 aromatic heterocycles. The molecule has 0 saturated carbocycles. The van der Waals surface area contributed by atoms with E-state index in [2.05, 4.69) is 51.1 Å². The van der Waals surface area contributed by atoms with Crippen molar-refractivity contribution in [3.63, 3.8) is 0 Å². The summed E-state index contributed by atoms with van der Waals surface area (Å²) in [5.74, 6) is 0. The highest BCUT2D eigenvalue weighted by Gasteiger charge is 2.39. The summed E-state index contributed by atoms with van der Waals surface area (Å²) >= 11 is 0. The van der Waals surface area contributed by atoms with Crippen molar-refractivity contribution >= 4 is 13.7 Å². The van der Waals surface area contributed by atoms with Gasteiger partial charge in [0.25, 0.3) is 0 Å². The Morgan fingerprint density at radius 1 is 0.842 bits per heavy atom.